The molecule has 2 N–H and O–H groups in total. The van der Waals surface area contributed by atoms with Crippen molar-refractivity contribution in [2.24, 2.45) is 0 Å². The Bertz CT molecular complexity index is 2230. The molecule has 0 amide bonds. The van der Waals surface area contributed by atoms with Gasteiger partial charge in [0.15, 0.2) is 11.5 Å². The van der Waals surface area contributed by atoms with Crippen LogP contribution in [0.4, 0.5) is 0 Å². The number of likely N-dealkylation sites (N-methyl/N-ethyl adjacent to an activating group) is 1. The number of aliphatic carboxylic acids is 1. The van der Waals surface area contributed by atoms with Crippen LogP contribution in [-0.2, 0) is 4.79 Å². The first kappa shape index (κ1) is 30.2. The van der Waals surface area contributed by atoms with Gasteiger partial charge in [-0.1, -0.05) is 0 Å². The van der Waals surface area contributed by atoms with Gasteiger partial charge in [-0.15, -0.1) is 22.7 Å². The molecule has 9 nitrogen and oxygen atoms in total. The van der Waals surface area contributed by atoms with Gasteiger partial charge in [0.2, 0.25) is 0 Å². The smallest absolute Gasteiger partial charge is 0.335 e. The van der Waals surface area contributed by atoms with E-state index in [9.17, 15) is 19.8 Å². The average Bonchev–Trinajstić information content (AvgIpc) is 3.88. The molecule has 1 unspecified atom stereocenters. The number of thiophene rings is 2. The van der Waals surface area contributed by atoms with Crippen LogP contribution in [0.5, 0.6) is 0 Å². The van der Waals surface area contributed by atoms with Crippen LogP contribution in [0, 0.1) is 13.8 Å². The minimum Gasteiger partial charge on any atom is -0.478 e. The molecule has 6 aromatic heterocycles. The Kier molecular flexibility index (Phi) is 7.70. The number of pyridine rings is 2. The Balaban J connectivity index is 1.16. The van der Waals surface area contributed by atoms with Gasteiger partial charge in [-0.2, -0.15) is 0 Å². The van der Waals surface area contributed by atoms with Crippen molar-refractivity contribution in [2.45, 2.75) is 19.9 Å². The number of rotatable bonds is 8. The highest BCUT2D eigenvalue weighted by molar-refractivity contribution is 7.23. The summed E-state index contributed by atoms with van der Waals surface area (Å²) in [4.78, 5) is 37.9. The minimum absolute atomic E-state index is 0.0466. The number of carbonyl (C=O) groups is 2. The second kappa shape index (κ2) is 12.0. The van der Waals surface area contributed by atoms with E-state index in [4.69, 9.17) is 8.83 Å². The topological polar surface area (TPSA) is 130 Å². The van der Waals surface area contributed by atoms with Gasteiger partial charge < -0.3 is 23.9 Å². The van der Waals surface area contributed by atoms with Crippen molar-refractivity contribution in [1.29, 1.82) is 0 Å². The molecule has 0 spiro atoms. The maximum atomic E-state index is 12.1. The lowest BCUT2D eigenvalue weighted by Gasteiger charge is -2.33. The fraction of sp³-hybridized carbons (Fsp3) is 0.111. The van der Waals surface area contributed by atoms with Crippen molar-refractivity contribution in [1.82, 2.24) is 14.9 Å². The molecule has 6 aromatic rings. The van der Waals surface area contributed by atoms with Crippen molar-refractivity contribution in [3.63, 3.8) is 0 Å². The van der Waals surface area contributed by atoms with Crippen molar-refractivity contribution in [2.75, 3.05) is 7.05 Å². The quantitative estimate of drug-likeness (QED) is 0.164. The number of furan rings is 2. The van der Waals surface area contributed by atoms with Crippen LogP contribution in [0.25, 0.3) is 48.9 Å². The lowest BCUT2D eigenvalue weighted by Crippen LogP contribution is -2.27. The molecule has 0 aliphatic carbocycles. The van der Waals surface area contributed by atoms with Gasteiger partial charge in [0.05, 0.1) is 39.1 Å². The Labute approximate surface area is 277 Å². The van der Waals surface area contributed by atoms with Crippen LogP contribution in [-0.4, -0.2) is 44.1 Å². The van der Waals surface area contributed by atoms with E-state index in [2.05, 4.69) is 41.3 Å². The molecule has 1 aliphatic rings. The number of hydrogen-bond acceptors (Lipinski definition) is 9. The van der Waals surface area contributed by atoms with E-state index < -0.39 is 18.0 Å². The highest BCUT2D eigenvalue weighted by Crippen LogP contribution is 2.42. The summed E-state index contributed by atoms with van der Waals surface area (Å²) in [6, 6.07) is 17.8. The van der Waals surface area contributed by atoms with Gasteiger partial charge in [0.25, 0.3) is 0 Å². The van der Waals surface area contributed by atoms with E-state index in [0.29, 0.717) is 34.4 Å². The van der Waals surface area contributed by atoms with Crippen LogP contribution in [0.2, 0.25) is 0 Å². The number of hydrogen-bond donors (Lipinski definition) is 2. The zero-order valence-corrected chi connectivity index (χ0v) is 27.1. The third-order valence-corrected chi connectivity index (χ3v) is 10.4. The summed E-state index contributed by atoms with van der Waals surface area (Å²) in [5, 5.41) is 21.5. The molecular weight excluding hydrogens is 635 g/mol. The summed E-state index contributed by atoms with van der Waals surface area (Å²) in [6.07, 6.45) is 6.12. The first-order valence-electron chi connectivity index (χ1n) is 14.6. The number of carboxylic acids is 2. The minimum atomic E-state index is -1.12. The zero-order valence-electron chi connectivity index (χ0n) is 25.4. The van der Waals surface area contributed by atoms with Gasteiger partial charge in [0.1, 0.15) is 11.5 Å². The number of aromatic carboxylic acids is 1. The first-order chi connectivity index (χ1) is 22.6. The molecule has 11 heteroatoms. The fourth-order valence-corrected chi connectivity index (χ4v) is 7.71. The molecule has 7 heterocycles. The average molecular weight is 662 g/mol. The van der Waals surface area contributed by atoms with Crippen LogP contribution < -0.4 is 0 Å². The molecule has 0 saturated heterocycles. The van der Waals surface area contributed by atoms with Gasteiger partial charge in [-0.3, -0.25) is 9.97 Å². The summed E-state index contributed by atoms with van der Waals surface area (Å²) in [5.74, 6) is 0.318. The summed E-state index contributed by atoms with van der Waals surface area (Å²) >= 11 is 3.45. The number of nitrogens with zero attached hydrogens (tertiary/aromatic N) is 3. The molecule has 47 heavy (non-hydrogen) atoms. The van der Waals surface area contributed by atoms with Crippen molar-refractivity contribution in [3.8, 4) is 43.2 Å². The molecule has 0 radical (unpaired) electrons. The maximum Gasteiger partial charge on any atom is 0.335 e. The lowest BCUT2D eigenvalue weighted by atomic mass is 9.98. The van der Waals surface area contributed by atoms with Gasteiger partial charge in [-0.25, -0.2) is 9.59 Å². The zero-order chi connectivity index (χ0) is 32.8. The van der Waals surface area contributed by atoms with Crippen molar-refractivity contribution < 1.29 is 28.6 Å². The van der Waals surface area contributed by atoms with Crippen molar-refractivity contribution in [3.05, 3.63) is 124 Å². The van der Waals surface area contributed by atoms with Crippen LogP contribution in [0.15, 0.2) is 105 Å². The van der Waals surface area contributed by atoms with Crippen LogP contribution in [0.1, 0.15) is 38.9 Å². The van der Waals surface area contributed by atoms with Crippen LogP contribution in [0.3, 0.4) is 0 Å². The van der Waals surface area contributed by atoms with E-state index in [-0.39, 0.29) is 11.1 Å². The highest BCUT2D eigenvalue weighted by atomic mass is 32.1. The highest BCUT2D eigenvalue weighted by Gasteiger charge is 2.28. The second-order valence-electron chi connectivity index (χ2n) is 11.2. The summed E-state index contributed by atoms with van der Waals surface area (Å²) in [6.45, 7) is 4.22. The van der Waals surface area contributed by atoms with Crippen LogP contribution >= 0.6 is 22.7 Å². The second-order valence-corrected chi connectivity index (χ2v) is 13.1. The van der Waals surface area contributed by atoms with E-state index in [0.717, 1.165) is 16.2 Å². The fourth-order valence-electron chi connectivity index (χ4n) is 5.49. The summed E-state index contributed by atoms with van der Waals surface area (Å²) in [7, 11) is 1.79. The van der Waals surface area contributed by atoms with Gasteiger partial charge >= 0.3 is 11.9 Å². The number of aromatic nitrogens is 2. The molecule has 0 saturated carbocycles. The number of carboxylic acid groups (broad SMARTS) is 2. The summed E-state index contributed by atoms with van der Waals surface area (Å²) in [5.41, 5.74) is 4.75. The Morgan fingerprint density at radius 2 is 1.55 bits per heavy atom. The van der Waals surface area contributed by atoms with Gasteiger partial charge in [-0.05, 0) is 103 Å². The Morgan fingerprint density at radius 1 is 0.830 bits per heavy atom. The number of aryl methyl sites for hydroxylation is 2. The van der Waals surface area contributed by atoms with Crippen molar-refractivity contribution >= 4 is 40.3 Å². The third kappa shape index (κ3) is 5.82. The predicted molar refractivity (Wildman–Crippen MR) is 181 cm³/mol. The Morgan fingerprint density at radius 3 is 2.28 bits per heavy atom. The molecular formula is C36H27N3O6S2. The summed E-state index contributed by atoms with van der Waals surface area (Å²) < 4.78 is 12.5. The first-order valence-corrected chi connectivity index (χ1v) is 16.3. The molecule has 7 rings (SSSR count). The predicted octanol–water partition coefficient (Wildman–Crippen LogP) is 8.81. The monoisotopic (exact) mass is 661 g/mol. The molecule has 0 aromatic carbocycles. The molecule has 0 fully saturated rings. The molecule has 0 bridgehead atoms. The maximum absolute atomic E-state index is 12.1. The van der Waals surface area contributed by atoms with E-state index in [1.165, 1.54) is 39.2 Å². The van der Waals surface area contributed by atoms with E-state index in [1.54, 1.807) is 48.1 Å². The third-order valence-electron chi connectivity index (χ3n) is 7.88. The lowest BCUT2D eigenvalue weighted by molar-refractivity contribution is -0.132. The van der Waals surface area contributed by atoms with E-state index in [1.807, 2.05) is 41.3 Å². The molecule has 1 aliphatic heterocycles. The Hall–Kier alpha value is -5.52. The SMILES string of the molecule is Cc1csc(-c2sc(-c3ccc(-c4ccc(-c5ccnc(C6=CC(C(=O)O)=CC(c7cc(C(=O)O)ccn7)N6C)c5)o4)o3)cc2C)c1. The van der Waals surface area contributed by atoms with E-state index >= 15 is 0 Å². The molecule has 1 atom stereocenters. The largest absolute Gasteiger partial charge is 0.478 e. The van der Waals surface area contributed by atoms with Gasteiger partial charge in [0, 0.05) is 34.8 Å². The molecule has 234 valence electrons. The standard InChI is InChI=1S/C36H27N3O6S2/c1-19-12-33(46-18-19)34-20(2)13-32(47-34)31-7-6-30(45-31)29-5-4-28(44-29)21-8-10-37-24(14-21)26-16-23(36(42)43)17-27(39(26)3)25-15-22(35(40)41)9-11-38-25/h4-18,27H,1-3H3,(H,40,41)(H,42,43). The normalized spacial score (nSPS) is 14.6.